The van der Waals surface area contributed by atoms with Crippen molar-refractivity contribution in [3.63, 3.8) is 0 Å². The van der Waals surface area contributed by atoms with Crippen LogP contribution in [0.4, 0.5) is 4.39 Å². The smallest absolute Gasteiger partial charge is 0.311 e. The number of hydrazone groups is 1. The van der Waals surface area contributed by atoms with E-state index in [4.69, 9.17) is 4.74 Å². The Morgan fingerprint density at radius 1 is 0.973 bits per heavy atom. The van der Waals surface area contributed by atoms with Crippen molar-refractivity contribution in [2.75, 3.05) is 7.11 Å². The van der Waals surface area contributed by atoms with Crippen LogP contribution in [0.2, 0.25) is 0 Å². The number of benzene rings is 3. The van der Waals surface area contributed by atoms with Crippen LogP contribution < -0.4 is 11.0 Å². The Bertz CT molecular complexity index is 1440. The van der Waals surface area contributed by atoms with Crippen molar-refractivity contribution in [3.05, 3.63) is 123 Å². The average molecular weight is 501 g/mol. The van der Waals surface area contributed by atoms with E-state index < -0.39 is 23.3 Å². The van der Waals surface area contributed by atoms with Crippen LogP contribution in [-0.2, 0) is 20.7 Å². The summed E-state index contributed by atoms with van der Waals surface area (Å²) in [6.45, 7) is 1.56. The second-order valence-corrected chi connectivity index (χ2v) is 8.26. The zero-order chi connectivity index (χ0) is 26.4. The number of methoxy groups -OCH3 is 1. The largest absolute Gasteiger partial charge is 0.469 e. The molecule has 0 aliphatic heterocycles. The maximum absolute atomic E-state index is 13.4. The summed E-state index contributed by atoms with van der Waals surface area (Å²) in [7, 11) is 1.24. The van der Waals surface area contributed by atoms with E-state index in [0.29, 0.717) is 5.69 Å². The lowest BCUT2D eigenvalue weighted by atomic mass is 9.91. The number of hydrogen-bond acceptors (Lipinski definition) is 5. The van der Waals surface area contributed by atoms with Crippen LogP contribution in [-0.4, -0.2) is 34.5 Å². The first-order valence-corrected chi connectivity index (χ1v) is 11.5. The standard InChI is InChI=1S/C28H25FN4O4/c1-18(30-31-27(35)26(19-9-5-3-6-10-19)20-11-7-4-8-12-20)25-23(17-24(34)37-2)32-33(28(25)36)22-15-13-21(29)14-16-22/h3-16,26,32H,17H2,1-2H3,(H,31,35). The first-order valence-electron chi connectivity index (χ1n) is 11.5. The number of aromatic nitrogens is 2. The highest BCUT2D eigenvalue weighted by molar-refractivity contribution is 6.01. The fourth-order valence-electron chi connectivity index (χ4n) is 4.02. The van der Waals surface area contributed by atoms with E-state index in [-0.39, 0.29) is 29.3 Å². The van der Waals surface area contributed by atoms with Crippen molar-refractivity contribution in [3.8, 4) is 5.69 Å². The number of nitrogens with one attached hydrogen (secondary N) is 2. The molecule has 0 saturated heterocycles. The van der Waals surface area contributed by atoms with Gasteiger partial charge in [0.1, 0.15) is 5.82 Å². The van der Waals surface area contributed by atoms with Crippen LogP contribution >= 0.6 is 0 Å². The third-order valence-corrected chi connectivity index (χ3v) is 5.82. The number of aromatic amines is 1. The van der Waals surface area contributed by atoms with Gasteiger partial charge in [-0.1, -0.05) is 60.7 Å². The minimum atomic E-state index is -0.629. The van der Waals surface area contributed by atoms with Crippen molar-refractivity contribution in [1.29, 1.82) is 0 Å². The lowest BCUT2D eigenvalue weighted by Gasteiger charge is -2.16. The fourth-order valence-corrected chi connectivity index (χ4v) is 4.02. The minimum Gasteiger partial charge on any atom is -0.469 e. The number of carbonyl (C=O) groups excluding carboxylic acids is 2. The summed E-state index contributed by atoms with van der Waals surface area (Å²) < 4.78 is 19.3. The van der Waals surface area contributed by atoms with Crippen LogP contribution in [0.5, 0.6) is 0 Å². The van der Waals surface area contributed by atoms with Gasteiger partial charge in [0.05, 0.1) is 42.1 Å². The summed E-state index contributed by atoms with van der Waals surface area (Å²) in [5.41, 5.74) is 4.54. The Hall–Kier alpha value is -4.79. The highest BCUT2D eigenvalue weighted by Gasteiger charge is 2.24. The molecule has 0 fully saturated rings. The van der Waals surface area contributed by atoms with Gasteiger partial charge in [0.2, 0.25) is 0 Å². The van der Waals surface area contributed by atoms with E-state index in [1.54, 1.807) is 6.92 Å². The van der Waals surface area contributed by atoms with E-state index in [1.165, 1.54) is 36.1 Å². The summed E-state index contributed by atoms with van der Waals surface area (Å²) in [6, 6.07) is 23.9. The second-order valence-electron chi connectivity index (χ2n) is 8.26. The summed E-state index contributed by atoms with van der Waals surface area (Å²) in [6.07, 6.45) is -0.229. The third kappa shape index (κ3) is 5.72. The minimum absolute atomic E-state index is 0.103. The van der Waals surface area contributed by atoms with Crippen molar-refractivity contribution in [2.45, 2.75) is 19.3 Å². The third-order valence-electron chi connectivity index (χ3n) is 5.82. The quantitative estimate of drug-likeness (QED) is 0.219. The molecule has 3 aromatic carbocycles. The van der Waals surface area contributed by atoms with Crippen molar-refractivity contribution >= 4 is 17.6 Å². The number of rotatable bonds is 8. The van der Waals surface area contributed by atoms with Crippen molar-refractivity contribution in [1.82, 2.24) is 15.2 Å². The van der Waals surface area contributed by atoms with E-state index in [9.17, 15) is 18.8 Å². The molecule has 1 aromatic heterocycles. The van der Waals surface area contributed by atoms with Crippen LogP contribution in [0.25, 0.3) is 5.69 Å². The van der Waals surface area contributed by atoms with Gasteiger partial charge in [0, 0.05) is 0 Å². The molecule has 0 spiro atoms. The molecule has 0 saturated carbocycles. The van der Waals surface area contributed by atoms with E-state index in [1.807, 2.05) is 60.7 Å². The van der Waals surface area contributed by atoms with Gasteiger partial charge in [0.15, 0.2) is 0 Å². The Morgan fingerprint density at radius 3 is 2.08 bits per heavy atom. The number of halogens is 1. The van der Waals surface area contributed by atoms with Gasteiger partial charge < -0.3 is 4.74 Å². The van der Waals surface area contributed by atoms with Gasteiger partial charge in [0.25, 0.3) is 11.5 Å². The molecule has 188 valence electrons. The molecule has 4 rings (SSSR count). The SMILES string of the molecule is COC(=O)Cc1[nH]n(-c2ccc(F)cc2)c(=O)c1C(C)=NNC(=O)C(c1ccccc1)c1ccccc1. The number of amides is 1. The Morgan fingerprint density at radius 2 is 1.54 bits per heavy atom. The van der Waals surface area contributed by atoms with Crippen LogP contribution in [0.3, 0.4) is 0 Å². The molecule has 0 unspecified atom stereocenters. The van der Waals surface area contributed by atoms with E-state index >= 15 is 0 Å². The Balaban J connectivity index is 1.69. The molecule has 0 atom stereocenters. The highest BCUT2D eigenvalue weighted by Crippen LogP contribution is 2.24. The molecule has 0 aliphatic carbocycles. The van der Waals surface area contributed by atoms with E-state index in [0.717, 1.165) is 11.1 Å². The zero-order valence-electron chi connectivity index (χ0n) is 20.3. The molecule has 37 heavy (non-hydrogen) atoms. The molecule has 9 heteroatoms. The van der Waals surface area contributed by atoms with Crippen LogP contribution in [0.15, 0.2) is 94.8 Å². The summed E-state index contributed by atoms with van der Waals surface area (Å²) >= 11 is 0. The Kier molecular flexibility index (Phi) is 7.73. The topological polar surface area (TPSA) is 106 Å². The summed E-state index contributed by atoms with van der Waals surface area (Å²) in [5, 5.41) is 7.10. The monoisotopic (exact) mass is 500 g/mol. The molecular weight excluding hydrogens is 475 g/mol. The molecule has 8 nitrogen and oxygen atoms in total. The number of ether oxygens (including phenoxy) is 1. The lowest BCUT2D eigenvalue weighted by Crippen LogP contribution is -2.28. The average Bonchev–Trinajstić information content (AvgIpc) is 3.24. The predicted molar refractivity (Wildman–Crippen MR) is 137 cm³/mol. The summed E-state index contributed by atoms with van der Waals surface area (Å²) in [5.74, 6) is -2.04. The molecule has 1 amide bonds. The number of H-pyrrole nitrogens is 1. The zero-order valence-corrected chi connectivity index (χ0v) is 20.3. The summed E-state index contributed by atoms with van der Waals surface area (Å²) in [4.78, 5) is 38.6. The first kappa shape index (κ1) is 25.3. The molecular formula is C28H25FN4O4. The predicted octanol–water partition coefficient (Wildman–Crippen LogP) is 3.69. The molecule has 0 aliphatic rings. The maximum atomic E-state index is 13.4. The number of carbonyl (C=O) groups is 2. The number of esters is 1. The van der Waals surface area contributed by atoms with Crippen LogP contribution in [0.1, 0.15) is 35.2 Å². The first-order chi connectivity index (χ1) is 17.9. The fraction of sp³-hybridized carbons (Fsp3) is 0.143. The van der Waals surface area contributed by atoms with Gasteiger partial charge in [-0.25, -0.2) is 14.5 Å². The van der Waals surface area contributed by atoms with Crippen molar-refractivity contribution < 1.29 is 18.7 Å². The van der Waals surface area contributed by atoms with Gasteiger partial charge in [-0.3, -0.25) is 19.5 Å². The van der Waals surface area contributed by atoms with Gasteiger partial charge in [-0.2, -0.15) is 5.10 Å². The maximum Gasteiger partial charge on any atom is 0.311 e. The van der Waals surface area contributed by atoms with Gasteiger partial charge in [-0.15, -0.1) is 0 Å². The molecule has 0 bridgehead atoms. The molecule has 4 aromatic rings. The number of nitrogens with zero attached hydrogens (tertiary/aromatic N) is 2. The number of hydrogen-bond donors (Lipinski definition) is 2. The van der Waals surface area contributed by atoms with Crippen molar-refractivity contribution in [2.24, 2.45) is 5.10 Å². The lowest BCUT2D eigenvalue weighted by molar-refractivity contribution is -0.139. The highest BCUT2D eigenvalue weighted by atomic mass is 19.1. The Labute approximate surface area is 212 Å². The van der Waals surface area contributed by atoms with Gasteiger partial charge >= 0.3 is 5.97 Å². The normalized spacial score (nSPS) is 11.4. The van der Waals surface area contributed by atoms with E-state index in [2.05, 4.69) is 15.6 Å². The molecule has 2 N–H and O–H groups in total. The molecule has 1 heterocycles. The molecule has 0 radical (unpaired) electrons. The van der Waals surface area contributed by atoms with Gasteiger partial charge in [-0.05, 0) is 42.3 Å². The second kappa shape index (κ2) is 11.3. The van der Waals surface area contributed by atoms with Crippen LogP contribution in [0, 0.1) is 5.82 Å².